The number of nitrogens with one attached hydrogen (secondary N) is 1. The lowest BCUT2D eigenvalue weighted by Gasteiger charge is -2.38. The minimum atomic E-state index is -0.952. The van der Waals surface area contributed by atoms with Crippen molar-refractivity contribution in [2.75, 3.05) is 50.7 Å². The number of nitrogens with zero attached hydrogens (tertiary/aromatic N) is 5. The Morgan fingerprint density at radius 1 is 1.00 bits per heavy atom. The number of likely N-dealkylation sites (tertiary alicyclic amines) is 1. The summed E-state index contributed by atoms with van der Waals surface area (Å²) in [5.74, 6) is -0.157. The predicted molar refractivity (Wildman–Crippen MR) is 182 cm³/mol. The summed E-state index contributed by atoms with van der Waals surface area (Å²) in [7, 11) is 0. The molecule has 5 rings (SSSR count). The quantitative estimate of drug-likeness (QED) is 0.296. The molecule has 0 radical (unpaired) electrons. The number of benzene rings is 1. The molecule has 2 amide bonds. The molecule has 0 spiro atoms. The first-order chi connectivity index (χ1) is 22.6. The van der Waals surface area contributed by atoms with Crippen LogP contribution in [0.15, 0.2) is 42.6 Å². The largest absolute Gasteiger partial charge is 0.444 e. The number of hydrogen-bond acceptors (Lipinski definition) is 9. The van der Waals surface area contributed by atoms with Crippen LogP contribution in [0.25, 0.3) is 11.3 Å². The Bertz CT molecular complexity index is 1620. The molecular weight excluding hydrogens is 662 g/mol. The number of halogens is 3. The minimum absolute atomic E-state index is 0.171. The molecular formula is C34H41Cl2FN6O5. The Hall–Kier alpha value is -3.71. The number of carbonyl (C=O) groups is 2. The number of amides is 2. The summed E-state index contributed by atoms with van der Waals surface area (Å²) in [6.45, 7) is 10.4. The van der Waals surface area contributed by atoms with Crippen LogP contribution in [0, 0.1) is 5.82 Å². The summed E-state index contributed by atoms with van der Waals surface area (Å²) in [6, 6.07) is 10.1. The maximum absolute atomic E-state index is 15.4. The van der Waals surface area contributed by atoms with E-state index in [9.17, 15) is 14.7 Å². The highest BCUT2D eigenvalue weighted by atomic mass is 35.5. The van der Waals surface area contributed by atoms with E-state index in [1.165, 1.54) is 19.2 Å². The van der Waals surface area contributed by atoms with E-state index >= 15 is 4.39 Å². The highest BCUT2D eigenvalue weighted by Crippen LogP contribution is 2.32. The molecule has 3 aromatic rings. The molecule has 0 unspecified atom stereocenters. The molecule has 0 atom stereocenters. The van der Waals surface area contributed by atoms with Crippen molar-refractivity contribution in [1.82, 2.24) is 25.1 Å². The van der Waals surface area contributed by atoms with Crippen LogP contribution in [0.3, 0.4) is 0 Å². The van der Waals surface area contributed by atoms with Crippen molar-refractivity contribution >= 4 is 41.0 Å². The third kappa shape index (κ3) is 9.68. The Kier molecular flexibility index (Phi) is 11.0. The van der Waals surface area contributed by atoms with Gasteiger partial charge in [-0.2, -0.15) is 0 Å². The molecule has 258 valence electrons. The number of ether oxygens (including phenoxy) is 2. The standard InChI is InChI=1S/C34H41Cl2FN6O5/c1-22(44)39-21-34(46)5-7-41(8-6-34)20-23-13-29(24-15-25(35)17-26(36)16-24)40-30(14-23)47-27-18-28(37)31(38-19-27)42-9-11-43(12-10-42)32(45)48-33(2,3)4/h13-19,46H,5-12,20-21H2,1-4H3,(H,39,44). The summed E-state index contributed by atoms with van der Waals surface area (Å²) >= 11 is 12.6. The summed E-state index contributed by atoms with van der Waals surface area (Å²) in [5, 5.41) is 14.5. The number of piperidine rings is 1. The molecule has 2 N–H and O–H groups in total. The second kappa shape index (κ2) is 14.8. The van der Waals surface area contributed by atoms with Crippen molar-refractivity contribution in [2.45, 2.75) is 58.3 Å². The number of piperazine rings is 1. The number of carbonyl (C=O) groups excluding carboxylic acids is 2. The van der Waals surface area contributed by atoms with Crippen LogP contribution in [0.5, 0.6) is 11.6 Å². The van der Waals surface area contributed by atoms with E-state index in [0.717, 1.165) is 5.56 Å². The molecule has 48 heavy (non-hydrogen) atoms. The van der Waals surface area contributed by atoms with Gasteiger partial charge in [-0.05, 0) is 63.4 Å². The number of aliphatic hydroxyl groups is 1. The van der Waals surface area contributed by atoms with Crippen molar-refractivity contribution in [3.05, 3.63) is 64.0 Å². The fourth-order valence-corrected chi connectivity index (χ4v) is 6.18. The smallest absolute Gasteiger partial charge is 0.410 e. The molecule has 4 heterocycles. The van der Waals surface area contributed by atoms with Gasteiger partial charge in [0, 0.05) is 87.0 Å². The topological polar surface area (TPSA) is 120 Å². The fourth-order valence-electron chi connectivity index (χ4n) is 5.65. The Morgan fingerprint density at radius 3 is 2.27 bits per heavy atom. The second-order valence-electron chi connectivity index (χ2n) is 13.3. The van der Waals surface area contributed by atoms with Crippen molar-refractivity contribution in [3.63, 3.8) is 0 Å². The molecule has 2 saturated heterocycles. The van der Waals surface area contributed by atoms with E-state index in [4.69, 9.17) is 32.7 Å². The molecule has 14 heteroatoms. The number of pyridine rings is 2. The average Bonchev–Trinajstić information content (AvgIpc) is 3.00. The molecule has 1 aromatic carbocycles. The maximum Gasteiger partial charge on any atom is 0.410 e. The van der Waals surface area contributed by atoms with Crippen molar-refractivity contribution in [2.24, 2.45) is 0 Å². The van der Waals surface area contributed by atoms with Crippen molar-refractivity contribution in [3.8, 4) is 22.9 Å². The van der Waals surface area contributed by atoms with Crippen LogP contribution in [0.4, 0.5) is 15.0 Å². The zero-order valence-corrected chi connectivity index (χ0v) is 29.1. The first-order valence-corrected chi connectivity index (χ1v) is 16.6. The van der Waals surface area contributed by atoms with Crippen LogP contribution in [0.2, 0.25) is 10.0 Å². The second-order valence-corrected chi connectivity index (χ2v) is 14.2. The van der Waals surface area contributed by atoms with E-state index in [-0.39, 0.29) is 29.9 Å². The molecule has 11 nitrogen and oxygen atoms in total. The zero-order valence-electron chi connectivity index (χ0n) is 27.6. The molecule has 2 aliphatic rings. The van der Waals surface area contributed by atoms with Gasteiger partial charge < -0.3 is 29.7 Å². The van der Waals surface area contributed by atoms with Gasteiger partial charge in [-0.1, -0.05) is 23.2 Å². The van der Waals surface area contributed by atoms with Crippen LogP contribution in [-0.2, 0) is 16.1 Å². The summed E-state index contributed by atoms with van der Waals surface area (Å²) in [6.07, 6.45) is 2.07. The molecule has 2 fully saturated rings. The molecule has 2 aliphatic heterocycles. The fraction of sp³-hybridized carbons (Fsp3) is 0.471. The van der Waals surface area contributed by atoms with Gasteiger partial charge in [0.25, 0.3) is 0 Å². The lowest BCUT2D eigenvalue weighted by molar-refractivity contribution is -0.120. The Labute approximate surface area is 289 Å². The van der Waals surface area contributed by atoms with Crippen LogP contribution < -0.4 is 15.0 Å². The zero-order chi connectivity index (χ0) is 34.6. The van der Waals surface area contributed by atoms with Gasteiger partial charge in [-0.25, -0.2) is 19.2 Å². The maximum atomic E-state index is 15.4. The first kappa shape index (κ1) is 35.6. The van der Waals surface area contributed by atoms with Crippen LogP contribution in [-0.4, -0.2) is 93.9 Å². The van der Waals surface area contributed by atoms with E-state index in [1.807, 2.05) is 26.8 Å². The number of anilines is 1. The van der Waals surface area contributed by atoms with Crippen LogP contribution in [0.1, 0.15) is 46.1 Å². The normalized spacial score (nSPS) is 16.8. The van der Waals surface area contributed by atoms with Gasteiger partial charge in [-0.15, -0.1) is 0 Å². The van der Waals surface area contributed by atoms with E-state index in [1.54, 1.807) is 34.1 Å². The van der Waals surface area contributed by atoms with Gasteiger partial charge in [0.1, 0.15) is 5.60 Å². The predicted octanol–water partition coefficient (Wildman–Crippen LogP) is 5.90. The minimum Gasteiger partial charge on any atom is -0.444 e. The third-order valence-electron chi connectivity index (χ3n) is 8.13. The van der Waals surface area contributed by atoms with Gasteiger partial charge in [-0.3, -0.25) is 9.69 Å². The highest BCUT2D eigenvalue weighted by Gasteiger charge is 2.32. The van der Waals surface area contributed by atoms with E-state index in [2.05, 4.69) is 20.2 Å². The van der Waals surface area contributed by atoms with Crippen LogP contribution >= 0.6 is 23.2 Å². The third-order valence-corrected chi connectivity index (χ3v) is 8.57. The average molecular weight is 704 g/mol. The molecule has 2 aromatic heterocycles. The summed E-state index contributed by atoms with van der Waals surface area (Å²) in [5.41, 5.74) is 0.592. The summed E-state index contributed by atoms with van der Waals surface area (Å²) < 4.78 is 26.9. The van der Waals surface area contributed by atoms with Crippen molar-refractivity contribution in [1.29, 1.82) is 0 Å². The first-order valence-electron chi connectivity index (χ1n) is 15.9. The lowest BCUT2D eigenvalue weighted by atomic mass is 9.91. The number of hydrogen-bond donors (Lipinski definition) is 2. The van der Waals surface area contributed by atoms with Crippen molar-refractivity contribution < 1.29 is 28.6 Å². The SMILES string of the molecule is CC(=O)NCC1(O)CCN(Cc2cc(Oc3cnc(N4CCN(C(=O)OC(C)(C)C)CC4)c(F)c3)nc(-c3cc(Cl)cc(Cl)c3)c2)CC1. The number of aromatic nitrogens is 2. The Morgan fingerprint density at radius 2 is 1.67 bits per heavy atom. The van der Waals surface area contributed by atoms with Gasteiger partial charge in [0.15, 0.2) is 17.4 Å². The molecule has 0 aliphatic carbocycles. The van der Waals surface area contributed by atoms with Gasteiger partial charge in [0.2, 0.25) is 11.8 Å². The molecule has 0 saturated carbocycles. The van der Waals surface area contributed by atoms with E-state index < -0.39 is 23.1 Å². The van der Waals surface area contributed by atoms with E-state index in [0.29, 0.717) is 80.0 Å². The highest BCUT2D eigenvalue weighted by molar-refractivity contribution is 6.35. The number of rotatable bonds is 8. The molecule has 0 bridgehead atoms. The Balaban J connectivity index is 1.30. The lowest BCUT2D eigenvalue weighted by Crippen LogP contribution is -2.50. The van der Waals surface area contributed by atoms with Gasteiger partial charge >= 0.3 is 6.09 Å². The monoisotopic (exact) mass is 702 g/mol. The van der Waals surface area contributed by atoms with Gasteiger partial charge in [0.05, 0.1) is 17.5 Å². The summed E-state index contributed by atoms with van der Waals surface area (Å²) in [4.78, 5) is 38.4.